The smallest absolute Gasteiger partial charge is 0.127 e. The van der Waals surface area contributed by atoms with Crippen LogP contribution in [0.2, 0.25) is 0 Å². The fourth-order valence-corrected chi connectivity index (χ4v) is 4.20. The van der Waals surface area contributed by atoms with Crippen LogP contribution in [0.1, 0.15) is 16.5 Å². The number of nitrogens with one attached hydrogen (secondary N) is 1. The van der Waals surface area contributed by atoms with Gasteiger partial charge in [-0.3, -0.25) is 4.90 Å². The molecule has 1 saturated heterocycles. The van der Waals surface area contributed by atoms with Crippen molar-refractivity contribution in [3.05, 3.63) is 82.6 Å². The third-order valence-electron chi connectivity index (χ3n) is 4.48. The highest BCUT2D eigenvalue weighted by molar-refractivity contribution is 7.10. The van der Waals surface area contributed by atoms with Gasteiger partial charge in [-0.15, -0.1) is 36.2 Å². The summed E-state index contributed by atoms with van der Waals surface area (Å²) in [5.74, 6) is 1.76. The van der Waals surface area contributed by atoms with Crippen molar-refractivity contribution in [1.29, 1.82) is 0 Å². The lowest BCUT2D eigenvalue weighted by molar-refractivity contribution is 0.200. The summed E-state index contributed by atoms with van der Waals surface area (Å²) in [5.41, 5.74) is 1.29. The maximum absolute atomic E-state index is 6.05. The lowest BCUT2D eigenvalue weighted by Crippen LogP contribution is -2.45. The standard InChI is InChI=1S/C21H22N2OS.2ClH/c1-2-7-18(8-3-1)24-19-9-4-6-17(16-19)21(20-10-5-15-25-20)23-13-11-22-12-14-23;;/h1-10,15-16,21-22H,11-14H2;2*1H/t21-;;/m1../s1. The van der Waals surface area contributed by atoms with E-state index < -0.39 is 0 Å². The van der Waals surface area contributed by atoms with Crippen LogP contribution < -0.4 is 10.1 Å². The van der Waals surface area contributed by atoms with E-state index in [1.807, 2.05) is 47.7 Å². The molecule has 1 atom stereocenters. The van der Waals surface area contributed by atoms with Crippen molar-refractivity contribution in [1.82, 2.24) is 10.2 Å². The number of para-hydroxylation sites is 1. The Bertz CT molecular complexity index is 793. The van der Waals surface area contributed by atoms with Crippen LogP contribution in [0, 0.1) is 0 Å². The largest absolute Gasteiger partial charge is 0.457 e. The highest BCUT2D eigenvalue weighted by Gasteiger charge is 2.25. The minimum Gasteiger partial charge on any atom is -0.457 e. The molecule has 1 aliphatic heterocycles. The Labute approximate surface area is 177 Å². The Morgan fingerprint density at radius 3 is 2.30 bits per heavy atom. The number of thiophene rings is 1. The van der Waals surface area contributed by atoms with Gasteiger partial charge in [-0.05, 0) is 41.3 Å². The van der Waals surface area contributed by atoms with Crippen LogP contribution in [0.3, 0.4) is 0 Å². The second-order valence-electron chi connectivity index (χ2n) is 6.19. The Hall–Kier alpha value is -1.56. The van der Waals surface area contributed by atoms with Gasteiger partial charge < -0.3 is 10.1 Å². The molecule has 144 valence electrons. The van der Waals surface area contributed by atoms with Crippen LogP contribution in [0.15, 0.2) is 72.1 Å². The molecule has 1 aliphatic rings. The van der Waals surface area contributed by atoms with Gasteiger partial charge in [0.05, 0.1) is 6.04 Å². The first-order valence-corrected chi connectivity index (χ1v) is 9.59. The first-order chi connectivity index (χ1) is 12.4. The van der Waals surface area contributed by atoms with Crippen molar-refractivity contribution < 1.29 is 4.74 Å². The zero-order chi connectivity index (χ0) is 16.9. The molecule has 0 bridgehead atoms. The van der Waals surface area contributed by atoms with Gasteiger partial charge in [0.15, 0.2) is 0 Å². The number of hydrogen-bond acceptors (Lipinski definition) is 4. The number of benzene rings is 2. The summed E-state index contributed by atoms with van der Waals surface area (Å²) in [6.45, 7) is 4.21. The maximum atomic E-state index is 6.05. The highest BCUT2D eigenvalue weighted by atomic mass is 35.5. The van der Waals surface area contributed by atoms with Crippen molar-refractivity contribution in [3.8, 4) is 11.5 Å². The molecular weight excluding hydrogens is 399 g/mol. The molecule has 1 aromatic heterocycles. The Morgan fingerprint density at radius 2 is 1.59 bits per heavy atom. The highest BCUT2D eigenvalue weighted by Crippen LogP contribution is 2.34. The van der Waals surface area contributed by atoms with Gasteiger partial charge >= 0.3 is 0 Å². The summed E-state index contributed by atoms with van der Waals surface area (Å²) in [7, 11) is 0. The average Bonchev–Trinajstić information content (AvgIpc) is 3.18. The molecule has 1 fully saturated rings. The zero-order valence-electron chi connectivity index (χ0n) is 14.9. The van der Waals surface area contributed by atoms with Crippen LogP contribution in [-0.2, 0) is 0 Å². The van der Waals surface area contributed by atoms with E-state index in [1.54, 1.807) is 0 Å². The number of piperazine rings is 1. The summed E-state index contributed by atoms with van der Waals surface area (Å²) in [4.78, 5) is 3.95. The molecule has 3 nitrogen and oxygen atoms in total. The average molecular weight is 423 g/mol. The van der Waals surface area contributed by atoms with Gasteiger partial charge in [-0.2, -0.15) is 0 Å². The first-order valence-electron chi connectivity index (χ1n) is 8.71. The lowest BCUT2D eigenvalue weighted by Gasteiger charge is -2.34. The molecule has 0 spiro atoms. The fraction of sp³-hybridized carbons (Fsp3) is 0.238. The van der Waals surface area contributed by atoms with Gasteiger partial charge in [-0.1, -0.05) is 36.4 Å². The number of hydrogen-bond donors (Lipinski definition) is 1. The topological polar surface area (TPSA) is 24.5 Å². The van der Waals surface area contributed by atoms with E-state index in [1.165, 1.54) is 10.4 Å². The molecule has 6 heteroatoms. The van der Waals surface area contributed by atoms with Gasteiger partial charge in [0.25, 0.3) is 0 Å². The van der Waals surface area contributed by atoms with Crippen LogP contribution >= 0.6 is 36.2 Å². The molecule has 0 saturated carbocycles. The van der Waals surface area contributed by atoms with Crippen molar-refractivity contribution in [2.45, 2.75) is 6.04 Å². The lowest BCUT2D eigenvalue weighted by atomic mass is 10.0. The molecule has 27 heavy (non-hydrogen) atoms. The monoisotopic (exact) mass is 422 g/mol. The molecule has 0 radical (unpaired) electrons. The SMILES string of the molecule is Cl.Cl.c1ccc(Oc2cccc([C@H](c3cccs3)N3CCNCC3)c2)cc1. The summed E-state index contributed by atoms with van der Waals surface area (Å²) >= 11 is 1.83. The second kappa shape index (κ2) is 10.7. The first kappa shape index (κ1) is 21.7. The minimum absolute atomic E-state index is 0. The van der Waals surface area contributed by atoms with E-state index in [4.69, 9.17) is 4.74 Å². The summed E-state index contributed by atoms with van der Waals surface area (Å²) < 4.78 is 6.05. The van der Waals surface area contributed by atoms with E-state index in [0.717, 1.165) is 37.7 Å². The summed E-state index contributed by atoms with van der Waals surface area (Å²) in [5, 5.41) is 5.61. The van der Waals surface area contributed by atoms with E-state index in [2.05, 4.69) is 45.9 Å². The van der Waals surface area contributed by atoms with Crippen molar-refractivity contribution >= 4 is 36.2 Å². The molecule has 0 aliphatic carbocycles. The molecule has 0 amide bonds. The quantitative estimate of drug-likeness (QED) is 0.597. The maximum Gasteiger partial charge on any atom is 0.127 e. The van der Waals surface area contributed by atoms with Gasteiger partial charge in [0.1, 0.15) is 11.5 Å². The van der Waals surface area contributed by atoms with Crippen molar-refractivity contribution in [2.24, 2.45) is 0 Å². The molecule has 4 rings (SSSR count). The number of rotatable bonds is 5. The van der Waals surface area contributed by atoms with E-state index in [0.29, 0.717) is 6.04 Å². The molecular formula is C21H24Cl2N2OS. The molecule has 3 aromatic rings. The Kier molecular flexibility index (Phi) is 8.61. The van der Waals surface area contributed by atoms with Crippen molar-refractivity contribution in [3.63, 3.8) is 0 Å². The molecule has 2 aromatic carbocycles. The number of ether oxygens (including phenoxy) is 1. The predicted molar refractivity (Wildman–Crippen MR) is 118 cm³/mol. The third-order valence-corrected chi connectivity index (χ3v) is 5.41. The van der Waals surface area contributed by atoms with Crippen LogP contribution in [0.4, 0.5) is 0 Å². The zero-order valence-corrected chi connectivity index (χ0v) is 17.4. The van der Waals surface area contributed by atoms with Crippen LogP contribution in [0.25, 0.3) is 0 Å². The minimum atomic E-state index is 0. The Balaban J connectivity index is 0.00000131. The fourth-order valence-electron chi connectivity index (χ4n) is 3.31. The predicted octanol–water partition coefficient (Wildman–Crippen LogP) is 5.38. The van der Waals surface area contributed by atoms with Crippen LogP contribution in [-0.4, -0.2) is 31.1 Å². The van der Waals surface area contributed by atoms with Crippen molar-refractivity contribution in [2.75, 3.05) is 26.2 Å². The molecule has 0 unspecified atom stereocenters. The normalized spacial score (nSPS) is 15.3. The molecule has 2 heterocycles. The van der Waals surface area contributed by atoms with Gasteiger partial charge in [0.2, 0.25) is 0 Å². The van der Waals surface area contributed by atoms with E-state index in [-0.39, 0.29) is 24.8 Å². The van der Waals surface area contributed by atoms with Crippen LogP contribution in [0.5, 0.6) is 11.5 Å². The second-order valence-corrected chi connectivity index (χ2v) is 7.17. The number of nitrogens with zero attached hydrogens (tertiary/aromatic N) is 1. The van der Waals surface area contributed by atoms with Gasteiger partial charge in [-0.25, -0.2) is 0 Å². The van der Waals surface area contributed by atoms with E-state index in [9.17, 15) is 0 Å². The number of halogens is 2. The third kappa shape index (κ3) is 5.47. The summed E-state index contributed by atoms with van der Waals surface area (Å²) in [6, 6.07) is 23.1. The molecule has 1 N–H and O–H groups in total. The Morgan fingerprint density at radius 1 is 0.852 bits per heavy atom. The van der Waals surface area contributed by atoms with Gasteiger partial charge in [0, 0.05) is 31.1 Å². The summed E-state index contributed by atoms with van der Waals surface area (Å²) in [6.07, 6.45) is 0. The van der Waals surface area contributed by atoms with E-state index >= 15 is 0 Å².